The summed E-state index contributed by atoms with van der Waals surface area (Å²) in [6.07, 6.45) is 1.63. The number of nitrogens with zero attached hydrogens (tertiary/aromatic N) is 2. The maximum absolute atomic E-state index is 13.2. The predicted molar refractivity (Wildman–Crippen MR) is 97.0 cm³/mol. The third-order valence-corrected chi connectivity index (χ3v) is 3.77. The Kier molecular flexibility index (Phi) is 5.30. The second-order valence-electron chi connectivity index (χ2n) is 5.18. The minimum absolute atomic E-state index is 0.0496. The number of anilines is 3. The molecule has 2 aromatic carbocycles. The fourth-order valence-electron chi connectivity index (χ4n) is 2.26. The van der Waals surface area contributed by atoms with E-state index in [0.717, 1.165) is 11.3 Å². The number of hydrogen-bond acceptors (Lipinski definition) is 5. The van der Waals surface area contributed by atoms with Crippen molar-refractivity contribution in [3.63, 3.8) is 0 Å². The molecule has 1 heterocycles. The largest absolute Gasteiger partial charge is 0.496 e. The van der Waals surface area contributed by atoms with Crippen molar-refractivity contribution in [2.24, 2.45) is 0 Å². The van der Waals surface area contributed by atoms with Crippen LogP contribution in [0, 0.1) is 5.82 Å². The van der Waals surface area contributed by atoms with Gasteiger partial charge in [-0.15, -0.1) is 0 Å². The Morgan fingerprint density at radius 3 is 2.80 bits per heavy atom. The third kappa shape index (κ3) is 4.36. The van der Waals surface area contributed by atoms with Gasteiger partial charge in [-0.1, -0.05) is 29.8 Å². The molecule has 1 aromatic heterocycles. The zero-order chi connectivity index (χ0) is 17.6. The lowest BCUT2D eigenvalue weighted by Crippen LogP contribution is -2.06. The lowest BCUT2D eigenvalue weighted by Gasteiger charge is -2.11. The van der Waals surface area contributed by atoms with Crippen LogP contribution >= 0.6 is 11.6 Å². The normalized spacial score (nSPS) is 10.4. The van der Waals surface area contributed by atoms with E-state index in [1.165, 1.54) is 12.1 Å². The van der Waals surface area contributed by atoms with E-state index in [1.807, 2.05) is 24.3 Å². The summed E-state index contributed by atoms with van der Waals surface area (Å²) < 4.78 is 18.5. The molecule has 0 atom stereocenters. The van der Waals surface area contributed by atoms with Crippen molar-refractivity contribution in [3.8, 4) is 5.75 Å². The molecule has 0 saturated carbocycles. The Balaban J connectivity index is 1.70. The van der Waals surface area contributed by atoms with E-state index in [2.05, 4.69) is 20.6 Å². The number of para-hydroxylation sites is 1. The number of nitrogens with one attached hydrogen (secondary N) is 2. The van der Waals surface area contributed by atoms with Gasteiger partial charge in [0.15, 0.2) is 0 Å². The van der Waals surface area contributed by atoms with Crippen molar-refractivity contribution < 1.29 is 9.13 Å². The molecule has 0 fully saturated rings. The van der Waals surface area contributed by atoms with Crippen LogP contribution in [0.3, 0.4) is 0 Å². The van der Waals surface area contributed by atoms with Gasteiger partial charge in [-0.3, -0.25) is 0 Å². The SMILES string of the molecule is COc1ccccc1CNc1nccc(Nc2ccc(F)c(Cl)c2)n1. The highest BCUT2D eigenvalue weighted by atomic mass is 35.5. The summed E-state index contributed by atoms with van der Waals surface area (Å²) in [6, 6.07) is 13.8. The van der Waals surface area contributed by atoms with E-state index >= 15 is 0 Å². The molecule has 128 valence electrons. The summed E-state index contributed by atoms with van der Waals surface area (Å²) >= 11 is 5.79. The topological polar surface area (TPSA) is 59.1 Å². The minimum Gasteiger partial charge on any atom is -0.496 e. The molecular formula is C18H16ClFN4O. The average molecular weight is 359 g/mol. The van der Waals surface area contributed by atoms with E-state index in [0.29, 0.717) is 24.0 Å². The molecule has 0 aliphatic carbocycles. The summed E-state index contributed by atoms with van der Waals surface area (Å²) in [6.45, 7) is 0.524. The van der Waals surface area contributed by atoms with Crippen LogP contribution < -0.4 is 15.4 Å². The highest BCUT2D eigenvalue weighted by Crippen LogP contribution is 2.22. The Morgan fingerprint density at radius 2 is 2.00 bits per heavy atom. The highest BCUT2D eigenvalue weighted by molar-refractivity contribution is 6.31. The van der Waals surface area contributed by atoms with Crippen LogP contribution in [0.25, 0.3) is 0 Å². The summed E-state index contributed by atoms with van der Waals surface area (Å²) in [5, 5.41) is 6.27. The monoisotopic (exact) mass is 358 g/mol. The van der Waals surface area contributed by atoms with Gasteiger partial charge in [0, 0.05) is 24.0 Å². The van der Waals surface area contributed by atoms with Crippen molar-refractivity contribution in [1.29, 1.82) is 0 Å². The standard InChI is InChI=1S/C18H16ClFN4O/c1-25-16-5-3-2-4-12(16)11-22-18-21-9-8-17(24-18)23-13-6-7-15(20)14(19)10-13/h2-10H,11H2,1H3,(H2,21,22,23,24). The number of aromatic nitrogens is 2. The minimum atomic E-state index is -0.464. The van der Waals surface area contributed by atoms with Gasteiger partial charge in [0.25, 0.3) is 0 Å². The predicted octanol–water partition coefficient (Wildman–Crippen LogP) is 4.63. The van der Waals surface area contributed by atoms with Crippen molar-refractivity contribution >= 4 is 29.1 Å². The summed E-state index contributed by atoms with van der Waals surface area (Å²) in [5.74, 6) is 1.36. The fraction of sp³-hybridized carbons (Fsp3) is 0.111. The average Bonchev–Trinajstić information content (AvgIpc) is 2.63. The number of benzene rings is 2. The molecule has 0 unspecified atom stereocenters. The Labute approximate surface area is 149 Å². The van der Waals surface area contributed by atoms with Crippen molar-refractivity contribution in [2.45, 2.75) is 6.54 Å². The number of rotatable bonds is 6. The molecule has 0 aliphatic heterocycles. The first-order valence-corrected chi connectivity index (χ1v) is 7.94. The Morgan fingerprint density at radius 1 is 1.16 bits per heavy atom. The third-order valence-electron chi connectivity index (χ3n) is 3.48. The zero-order valence-corrected chi connectivity index (χ0v) is 14.2. The van der Waals surface area contributed by atoms with Gasteiger partial charge in [-0.25, -0.2) is 9.37 Å². The van der Waals surface area contributed by atoms with Gasteiger partial charge < -0.3 is 15.4 Å². The van der Waals surface area contributed by atoms with Gasteiger partial charge in [0.1, 0.15) is 17.4 Å². The van der Waals surface area contributed by atoms with Crippen LogP contribution in [0.4, 0.5) is 21.8 Å². The van der Waals surface area contributed by atoms with E-state index in [9.17, 15) is 4.39 Å². The number of hydrogen-bond donors (Lipinski definition) is 2. The molecule has 7 heteroatoms. The quantitative estimate of drug-likeness (QED) is 0.672. The first-order valence-electron chi connectivity index (χ1n) is 7.56. The van der Waals surface area contributed by atoms with Gasteiger partial charge in [-0.2, -0.15) is 4.98 Å². The van der Waals surface area contributed by atoms with Crippen LogP contribution in [-0.2, 0) is 6.54 Å². The van der Waals surface area contributed by atoms with E-state index < -0.39 is 5.82 Å². The van der Waals surface area contributed by atoms with Gasteiger partial charge in [0.2, 0.25) is 5.95 Å². The number of methoxy groups -OCH3 is 1. The van der Waals surface area contributed by atoms with Gasteiger partial charge in [-0.05, 0) is 30.3 Å². The summed E-state index contributed by atoms with van der Waals surface area (Å²) in [7, 11) is 1.63. The number of halogens is 2. The van der Waals surface area contributed by atoms with Crippen molar-refractivity contribution in [1.82, 2.24) is 9.97 Å². The molecule has 3 aromatic rings. The van der Waals surface area contributed by atoms with Crippen LogP contribution in [0.5, 0.6) is 5.75 Å². The van der Waals surface area contributed by atoms with E-state index in [-0.39, 0.29) is 5.02 Å². The lowest BCUT2D eigenvalue weighted by molar-refractivity contribution is 0.410. The molecular weight excluding hydrogens is 343 g/mol. The maximum Gasteiger partial charge on any atom is 0.224 e. The van der Waals surface area contributed by atoms with Crippen LogP contribution in [0.1, 0.15) is 5.56 Å². The first kappa shape index (κ1) is 17.0. The van der Waals surface area contributed by atoms with Crippen LogP contribution in [-0.4, -0.2) is 17.1 Å². The molecule has 0 bridgehead atoms. The molecule has 0 aliphatic rings. The summed E-state index contributed by atoms with van der Waals surface area (Å²) in [5.41, 5.74) is 1.64. The smallest absolute Gasteiger partial charge is 0.224 e. The van der Waals surface area contributed by atoms with E-state index in [1.54, 1.807) is 25.4 Å². The first-order chi connectivity index (χ1) is 12.2. The molecule has 3 rings (SSSR count). The second kappa shape index (κ2) is 7.81. The molecule has 0 spiro atoms. The maximum atomic E-state index is 13.2. The molecule has 0 amide bonds. The second-order valence-corrected chi connectivity index (χ2v) is 5.59. The molecule has 5 nitrogen and oxygen atoms in total. The zero-order valence-electron chi connectivity index (χ0n) is 13.5. The molecule has 0 radical (unpaired) electrons. The molecule has 25 heavy (non-hydrogen) atoms. The lowest BCUT2D eigenvalue weighted by atomic mass is 10.2. The van der Waals surface area contributed by atoms with E-state index in [4.69, 9.17) is 16.3 Å². The summed E-state index contributed by atoms with van der Waals surface area (Å²) in [4.78, 5) is 8.57. The molecule has 0 saturated heterocycles. The number of ether oxygens (including phenoxy) is 1. The van der Waals surface area contributed by atoms with Crippen molar-refractivity contribution in [2.75, 3.05) is 17.7 Å². The fourth-order valence-corrected chi connectivity index (χ4v) is 2.44. The van der Waals surface area contributed by atoms with Crippen LogP contribution in [0.2, 0.25) is 5.02 Å². The molecule has 2 N–H and O–H groups in total. The van der Waals surface area contributed by atoms with Crippen LogP contribution in [0.15, 0.2) is 54.7 Å². The van der Waals surface area contributed by atoms with Gasteiger partial charge in [0.05, 0.1) is 12.1 Å². The van der Waals surface area contributed by atoms with Gasteiger partial charge >= 0.3 is 0 Å². The highest BCUT2D eigenvalue weighted by Gasteiger charge is 2.05. The Hall–Kier alpha value is -2.86. The Bertz CT molecular complexity index is 875. The van der Waals surface area contributed by atoms with Crippen molar-refractivity contribution in [3.05, 3.63) is 71.1 Å².